The number of nitrogens with zero attached hydrogens (tertiary/aromatic N) is 1. The average molecular weight is 327 g/mol. The van der Waals surface area contributed by atoms with E-state index in [4.69, 9.17) is 0 Å². The van der Waals surface area contributed by atoms with Crippen molar-refractivity contribution in [2.45, 2.75) is 31.3 Å². The minimum atomic E-state index is -0.656. The summed E-state index contributed by atoms with van der Waals surface area (Å²) in [6.07, 6.45) is 1.87. The maximum absolute atomic E-state index is 13.6. The van der Waals surface area contributed by atoms with E-state index in [1.54, 1.807) is 12.1 Å². The molecule has 19 heavy (non-hydrogen) atoms. The normalized spacial score (nSPS) is 23.1. The van der Waals surface area contributed by atoms with E-state index in [1.807, 2.05) is 0 Å². The summed E-state index contributed by atoms with van der Waals surface area (Å²) in [5, 5.41) is 2.83. The molecule has 1 heterocycles. The monoisotopic (exact) mass is 326 g/mol. The van der Waals surface area contributed by atoms with Crippen molar-refractivity contribution in [2.24, 2.45) is 0 Å². The fraction of sp³-hybridized carbons (Fsp3) is 0.385. The summed E-state index contributed by atoms with van der Waals surface area (Å²) in [5.74, 6) is -0.847. The van der Waals surface area contributed by atoms with Gasteiger partial charge in [-0.2, -0.15) is 0 Å². The molecular weight excluding hydrogens is 315 g/mol. The first-order chi connectivity index (χ1) is 9.06. The van der Waals surface area contributed by atoms with Crippen LogP contribution < -0.4 is 5.32 Å². The summed E-state index contributed by atoms with van der Waals surface area (Å²) in [5.41, 5.74) is 0.234. The molecule has 0 bridgehead atoms. The second kappa shape index (κ2) is 4.59. The molecule has 0 aromatic heterocycles. The summed E-state index contributed by atoms with van der Waals surface area (Å²) in [6, 6.07) is 3.87. The molecule has 1 aromatic rings. The minimum absolute atomic E-state index is 0.0687. The Morgan fingerprint density at radius 3 is 2.74 bits per heavy atom. The van der Waals surface area contributed by atoms with Crippen molar-refractivity contribution in [2.75, 3.05) is 5.32 Å². The van der Waals surface area contributed by atoms with E-state index >= 15 is 0 Å². The molecule has 6 heteroatoms. The van der Waals surface area contributed by atoms with Gasteiger partial charge in [-0.3, -0.25) is 14.5 Å². The van der Waals surface area contributed by atoms with E-state index in [0.29, 0.717) is 4.47 Å². The Kier molecular flexibility index (Phi) is 3.05. The number of halogens is 2. The van der Waals surface area contributed by atoms with Crippen LogP contribution in [0, 0.1) is 5.82 Å². The van der Waals surface area contributed by atoms with Gasteiger partial charge in [-0.1, -0.05) is 15.9 Å². The zero-order chi connectivity index (χ0) is 13.6. The van der Waals surface area contributed by atoms with E-state index in [0.717, 1.165) is 12.8 Å². The molecule has 2 fully saturated rings. The predicted octanol–water partition coefficient (Wildman–Crippen LogP) is 2.29. The highest BCUT2D eigenvalue weighted by Crippen LogP contribution is 2.32. The van der Waals surface area contributed by atoms with E-state index in [2.05, 4.69) is 21.2 Å². The van der Waals surface area contributed by atoms with Crippen LogP contribution in [-0.4, -0.2) is 28.8 Å². The minimum Gasteiger partial charge on any atom is -0.371 e. The molecule has 1 aliphatic heterocycles. The zero-order valence-electron chi connectivity index (χ0n) is 10.0. The number of hydrogen-bond donors (Lipinski definition) is 1. The van der Waals surface area contributed by atoms with Crippen molar-refractivity contribution in [1.29, 1.82) is 0 Å². The van der Waals surface area contributed by atoms with Crippen molar-refractivity contribution < 1.29 is 14.0 Å². The number of likely N-dealkylation sites (tertiary alicyclic amines) is 1. The molecule has 0 spiro atoms. The number of amides is 2. The Hall–Kier alpha value is -1.43. The van der Waals surface area contributed by atoms with Crippen LogP contribution in [0.4, 0.5) is 10.1 Å². The van der Waals surface area contributed by atoms with Crippen LogP contribution in [0.1, 0.15) is 19.3 Å². The van der Waals surface area contributed by atoms with Gasteiger partial charge in [-0.15, -0.1) is 0 Å². The Morgan fingerprint density at radius 1 is 1.32 bits per heavy atom. The highest BCUT2D eigenvalue weighted by atomic mass is 79.9. The van der Waals surface area contributed by atoms with Gasteiger partial charge in [-0.25, -0.2) is 4.39 Å². The van der Waals surface area contributed by atoms with Crippen molar-refractivity contribution in [1.82, 2.24) is 4.90 Å². The van der Waals surface area contributed by atoms with Gasteiger partial charge in [0.05, 0.1) is 12.1 Å². The molecule has 4 nitrogen and oxygen atoms in total. The summed E-state index contributed by atoms with van der Waals surface area (Å²) in [6.45, 7) is 0. The zero-order valence-corrected chi connectivity index (χ0v) is 11.6. The molecule has 1 unspecified atom stereocenters. The van der Waals surface area contributed by atoms with Crippen LogP contribution in [0.3, 0.4) is 0 Å². The van der Waals surface area contributed by atoms with Crippen LogP contribution in [0.15, 0.2) is 22.7 Å². The van der Waals surface area contributed by atoms with Gasteiger partial charge in [0.2, 0.25) is 5.91 Å². The van der Waals surface area contributed by atoms with Gasteiger partial charge in [0, 0.05) is 10.5 Å². The third-order valence-electron chi connectivity index (χ3n) is 3.35. The summed E-state index contributed by atoms with van der Waals surface area (Å²) < 4.78 is 14.3. The summed E-state index contributed by atoms with van der Waals surface area (Å²) in [7, 11) is 0. The molecule has 1 N–H and O–H groups in total. The van der Waals surface area contributed by atoms with Crippen LogP contribution in [0.5, 0.6) is 0 Å². The SMILES string of the molecule is O=C1CC(Nc2cc(Br)ccc2F)C(=O)N1C1CC1. The smallest absolute Gasteiger partial charge is 0.252 e. The molecule has 0 radical (unpaired) electrons. The third-order valence-corrected chi connectivity index (χ3v) is 3.85. The molecule has 2 aliphatic rings. The lowest BCUT2D eigenvalue weighted by atomic mass is 10.2. The van der Waals surface area contributed by atoms with E-state index in [9.17, 15) is 14.0 Å². The predicted molar refractivity (Wildman–Crippen MR) is 71.0 cm³/mol. The molecule has 1 saturated carbocycles. The molecule has 100 valence electrons. The summed E-state index contributed by atoms with van der Waals surface area (Å²) in [4.78, 5) is 25.2. The Bertz CT molecular complexity index is 560. The Labute approximate surface area is 118 Å². The van der Waals surface area contributed by atoms with E-state index < -0.39 is 11.9 Å². The first-order valence-electron chi connectivity index (χ1n) is 6.14. The Balaban J connectivity index is 1.78. The topological polar surface area (TPSA) is 49.4 Å². The van der Waals surface area contributed by atoms with Gasteiger partial charge >= 0.3 is 0 Å². The van der Waals surface area contributed by atoms with E-state index in [1.165, 1.54) is 11.0 Å². The van der Waals surface area contributed by atoms with Crippen molar-refractivity contribution >= 4 is 33.4 Å². The van der Waals surface area contributed by atoms with Crippen LogP contribution in [-0.2, 0) is 9.59 Å². The molecule has 3 rings (SSSR count). The molecule has 1 aromatic carbocycles. The van der Waals surface area contributed by atoms with Crippen LogP contribution >= 0.6 is 15.9 Å². The highest BCUT2D eigenvalue weighted by Gasteiger charge is 2.46. The van der Waals surface area contributed by atoms with Crippen LogP contribution in [0.25, 0.3) is 0 Å². The quantitative estimate of drug-likeness (QED) is 0.867. The number of nitrogens with one attached hydrogen (secondary N) is 1. The van der Waals surface area contributed by atoms with Gasteiger partial charge in [-0.05, 0) is 31.0 Å². The van der Waals surface area contributed by atoms with Crippen LogP contribution in [0.2, 0.25) is 0 Å². The fourth-order valence-electron chi connectivity index (χ4n) is 2.28. The number of imide groups is 1. The second-order valence-electron chi connectivity index (χ2n) is 4.86. The number of anilines is 1. The van der Waals surface area contributed by atoms with E-state index in [-0.39, 0.29) is 30.0 Å². The molecule has 2 amide bonds. The maximum atomic E-state index is 13.6. The fourth-order valence-corrected chi connectivity index (χ4v) is 2.64. The number of carbonyl (C=O) groups excluding carboxylic acids is 2. The summed E-state index contributed by atoms with van der Waals surface area (Å²) >= 11 is 3.25. The second-order valence-corrected chi connectivity index (χ2v) is 5.77. The number of carbonyl (C=O) groups is 2. The van der Waals surface area contributed by atoms with Crippen molar-refractivity contribution in [3.05, 3.63) is 28.5 Å². The average Bonchev–Trinajstić information content (AvgIpc) is 3.13. The Morgan fingerprint density at radius 2 is 2.05 bits per heavy atom. The maximum Gasteiger partial charge on any atom is 0.252 e. The lowest BCUT2D eigenvalue weighted by Gasteiger charge is -2.15. The van der Waals surface area contributed by atoms with Crippen molar-refractivity contribution in [3.8, 4) is 0 Å². The van der Waals surface area contributed by atoms with Gasteiger partial charge in [0.25, 0.3) is 5.91 Å². The molecule has 1 saturated heterocycles. The molecule has 1 atom stereocenters. The van der Waals surface area contributed by atoms with Gasteiger partial charge in [0.1, 0.15) is 11.9 Å². The third kappa shape index (κ3) is 2.36. The van der Waals surface area contributed by atoms with Gasteiger partial charge < -0.3 is 5.32 Å². The largest absolute Gasteiger partial charge is 0.371 e. The molecule has 1 aliphatic carbocycles. The number of hydrogen-bond acceptors (Lipinski definition) is 3. The first-order valence-corrected chi connectivity index (χ1v) is 6.93. The number of benzene rings is 1. The lowest BCUT2D eigenvalue weighted by molar-refractivity contribution is -0.139. The number of rotatable bonds is 3. The standard InChI is InChI=1S/C13H12BrFN2O2/c14-7-1-4-9(15)10(5-7)16-11-6-12(18)17(13(11)19)8-2-3-8/h1,4-5,8,11,16H,2-3,6H2. The molecular formula is C13H12BrFN2O2. The van der Waals surface area contributed by atoms with Crippen molar-refractivity contribution in [3.63, 3.8) is 0 Å². The van der Waals surface area contributed by atoms with Gasteiger partial charge in [0.15, 0.2) is 0 Å². The highest BCUT2D eigenvalue weighted by molar-refractivity contribution is 9.10. The first kappa shape index (κ1) is 12.6. The lowest BCUT2D eigenvalue weighted by Crippen LogP contribution is -2.36.